The Balaban J connectivity index is 1.85. The lowest BCUT2D eigenvalue weighted by Gasteiger charge is -2.05. The monoisotopic (exact) mass is 260 g/mol. The van der Waals surface area contributed by atoms with Gasteiger partial charge in [-0.15, -0.1) is 0 Å². The first kappa shape index (κ1) is 13.1. The summed E-state index contributed by atoms with van der Waals surface area (Å²) in [6.07, 6.45) is 1.71. The summed E-state index contributed by atoms with van der Waals surface area (Å²) in [7, 11) is 1.61. The number of amides is 1. The Morgan fingerprint density at radius 3 is 2.68 bits per heavy atom. The Morgan fingerprint density at radius 1 is 1.37 bits per heavy atom. The number of oxazole rings is 1. The lowest BCUT2D eigenvalue weighted by atomic mass is 10.1. The number of nitrogens with one attached hydrogen (secondary N) is 1. The van der Waals surface area contributed by atoms with E-state index in [-0.39, 0.29) is 5.91 Å². The van der Waals surface area contributed by atoms with Gasteiger partial charge in [-0.25, -0.2) is 4.98 Å². The summed E-state index contributed by atoms with van der Waals surface area (Å²) in [6, 6.07) is 7.42. The summed E-state index contributed by atoms with van der Waals surface area (Å²) in [5.74, 6) is 1.41. The average Bonchev–Trinajstić information content (AvgIpc) is 2.83. The zero-order valence-corrected chi connectivity index (χ0v) is 11.0. The summed E-state index contributed by atoms with van der Waals surface area (Å²) >= 11 is 0. The molecule has 0 atom stereocenters. The minimum atomic E-state index is -0.0547. The van der Waals surface area contributed by atoms with Crippen LogP contribution in [0.4, 0.5) is 0 Å². The number of methoxy groups -OCH3 is 1. The second-order valence-electron chi connectivity index (χ2n) is 4.16. The highest BCUT2D eigenvalue weighted by molar-refractivity contribution is 5.78. The maximum Gasteiger partial charge on any atom is 0.224 e. The molecule has 1 aromatic carbocycles. The normalized spacial score (nSPS) is 10.2. The first-order valence-corrected chi connectivity index (χ1v) is 5.97. The summed E-state index contributed by atoms with van der Waals surface area (Å²) < 4.78 is 10.2. The van der Waals surface area contributed by atoms with E-state index in [2.05, 4.69) is 10.3 Å². The molecule has 0 radical (unpaired) electrons. The molecule has 0 fully saturated rings. The van der Waals surface area contributed by atoms with E-state index in [4.69, 9.17) is 9.15 Å². The van der Waals surface area contributed by atoms with E-state index in [0.717, 1.165) is 17.0 Å². The molecule has 0 aliphatic carbocycles. The predicted octanol–water partition coefficient (Wildman–Crippen LogP) is 1.85. The number of carbonyl (C=O) groups is 1. The summed E-state index contributed by atoms with van der Waals surface area (Å²) in [6.45, 7) is 2.20. The minimum absolute atomic E-state index is 0.0547. The number of carbonyl (C=O) groups excluding carboxylic acids is 1. The summed E-state index contributed by atoms with van der Waals surface area (Å²) in [5.41, 5.74) is 1.73. The van der Waals surface area contributed by atoms with E-state index in [1.54, 1.807) is 7.11 Å². The van der Waals surface area contributed by atoms with Crippen molar-refractivity contribution < 1.29 is 13.9 Å². The van der Waals surface area contributed by atoms with Crippen molar-refractivity contribution in [1.82, 2.24) is 10.3 Å². The Kier molecular flexibility index (Phi) is 4.18. The molecule has 1 heterocycles. The van der Waals surface area contributed by atoms with Gasteiger partial charge in [-0.3, -0.25) is 4.79 Å². The van der Waals surface area contributed by atoms with Gasteiger partial charge in [0.2, 0.25) is 5.91 Å². The smallest absolute Gasteiger partial charge is 0.224 e. The molecule has 100 valence electrons. The van der Waals surface area contributed by atoms with E-state index in [9.17, 15) is 4.79 Å². The molecular weight excluding hydrogens is 244 g/mol. The number of aromatic nitrogens is 1. The molecule has 1 N–H and O–H groups in total. The molecule has 5 nitrogen and oxygen atoms in total. The molecule has 5 heteroatoms. The van der Waals surface area contributed by atoms with Crippen LogP contribution < -0.4 is 10.1 Å². The van der Waals surface area contributed by atoms with Crippen LogP contribution in [0.3, 0.4) is 0 Å². The third-order valence-electron chi connectivity index (χ3n) is 2.81. The SMILES string of the molecule is COc1ccc(CC(=O)NCc2ocnc2C)cc1. The van der Waals surface area contributed by atoms with Crippen molar-refractivity contribution in [1.29, 1.82) is 0 Å². The molecule has 0 unspecified atom stereocenters. The van der Waals surface area contributed by atoms with Gasteiger partial charge in [0.1, 0.15) is 11.5 Å². The molecule has 0 saturated carbocycles. The first-order chi connectivity index (χ1) is 9.19. The number of aryl methyl sites for hydroxylation is 1. The lowest BCUT2D eigenvalue weighted by molar-refractivity contribution is -0.120. The fraction of sp³-hybridized carbons (Fsp3) is 0.286. The number of rotatable bonds is 5. The van der Waals surface area contributed by atoms with E-state index in [1.165, 1.54) is 6.39 Å². The van der Waals surface area contributed by atoms with E-state index in [1.807, 2.05) is 31.2 Å². The van der Waals surface area contributed by atoms with Crippen molar-refractivity contribution in [2.24, 2.45) is 0 Å². The van der Waals surface area contributed by atoms with Crippen molar-refractivity contribution >= 4 is 5.91 Å². The molecule has 19 heavy (non-hydrogen) atoms. The van der Waals surface area contributed by atoms with E-state index < -0.39 is 0 Å². The van der Waals surface area contributed by atoms with Gasteiger partial charge in [-0.1, -0.05) is 12.1 Å². The van der Waals surface area contributed by atoms with Crippen LogP contribution in [0.25, 0.3) is 0 Å². The second-order valence-corrected chi connectivity index (χ2v) is 4.16. The molecule has 1 aromatic heterocycles. The van der Waals surface area contributed by atoms with Crippen molar-refractivity contribution in [2.75, 3.05) is 7.11 Å². The number of hydrogen-bond acceptors (Lipinski definition) is 4. The number of nitrogens with zero attached hydrogens (tertiary/aromatic N) is 1. The molecule has 0 aliphatic heterocycles. The zero-order chi connectivity index (χ0) is 13.7. The number of ether oxygens (including phenoxy) is 1. The molecule has 0 aliphatic rings. The van der Waals surface area contributed by atoms with Gasteiger partial charge in [-0.05, 0) is 24.6 Å². The van der Waals surface area contributed by atoms with E-state index in [0.29, 0.717) is 18.7 Å². The van der Waals surface area contributed by atoms with Crippen LogP contribution >= 0.6 is 0 Å². The molecule has 2 rings (SSSR count). The molecule has 0 bridgehead atoms. The van der Waals surface area contributed by atoms with Gasteiger partial charge in [0.05, 0.1) is 25.8 Å². The lowest BCUT2D eigenvalue weighted by Crippen LogP contribution is -2.24. The minimum Gasteiger partial charge on any atom is -0.497 e. The zero-order valence-electron chi connectivity index (χ0n) is 11.0. The molecular formula is C14H16N2O3. The van der Waals surface area contributed by atoms with Gasteiger partial charge in [0.25, 0.3) is 0 Å². The third kappa shape index (κ3) is 3.58. The van der Waals surface area contributed by atoms with Gasteiger partial charge in [-0.2, -0.15) is 0 Å². The van der Waals surface area contributed by atoms with Crippen LogP contribution in [0.15, 0.2) is 35.1 Å². The number of benzene rings is 1. The Hall–Kier alpha value is -2.30. The van der Waals surface area contributed by atoms with Gasteiger partial charge >= 0.3 is 0 Å². The Labute approximate surface area is 111 Å². The first-order valence-electron chi connectivity index (χ1n) is 5.97. The Bertz CT molecular complexity index is 546. The van der Waals surface area contributed by atoms with Gasteiger partial charge in [0, 0.05) is 0 Å². The second kappa shape index (κ2) is 6.04. The van der Waals surface area contributed by atoms with Gasteiger partial charge in [0.15, 0.2) is 6.39 Å². The highest BCUT2D eigenvalue weighted by Gasteiger charge is 2.07. The maximum atomic E-state index is 11.8. The Morgan fingerprint density at radius 2 is 2.11 bits per heavy atom. The summed E-state index contributed by atoms with van der Waals surface area (Å²) in [5, 5.41) is 2.80. The van der Waals surface area contributed by atoms with Crippen molar-refractivity contribution in [3.63, 3.8) is 0 Å². The maximum absolute atomic E-state index is 11.8. The fourth-order valence-corrected chi connectivity index (χ4v) is 1.67. The highest BCUT2D eigenvalue weighted by atomic mass is 16.5. The van der Waals surface area contributed by atoms with Crippen LogP contribution in [0.5, 0.6) is 5.75 Å². The average molecular weight is 260 g/mol. The third-order valence-corrected chi connectivity index (χ3v) is 2.81. The van der Waals surface area contributed by atoms with Crippen LogP contribution in [0.2, 0.25) is 0 Å². The summed E-state index contributed by atoms with van der Waals surface area (Å²) in [4.78, 5) is 15.7. The quantitative estimate of drug-likeness (QED) is 0.891. The topological polar surface area (TPSA) is 64.4 Å². The van der Waals surface area contributed by atoms with Crippen molar-refractivity contribution in [2.45, 2.75) is 19.9 Å². The van der Waals surface area contributed by atoms with Crippen LogP contribution in [-0.2, 0) is 17.8 Å². The van der Waals surface area contributed by atoms with Crippen molar-refractivity contribution in [3.05, 3.63) is 47.7 Å². The van der Waals surface area contributed by atoms with Crippen molar-refractivity contribution in [3.8, 4) is 5.75 Å². The largest absolute Gasteiger partial charge is 0.497 e. The van der Waals surface area contributed by atoms with Crippen LogP contribution in [0, 0.1) is 6.92 Å². The molecule has 0 saturated heterocycles. The highest BCUT2D eigenvalue weighted by Crippen LogP contribution is 2.11. The molecule has 1 amide bonds. The van der Waals surface area contributed by atoms with Gasteiger partial charge < -0.3 is 14.5 Å². The number of hydrogen-bond donors (Lipinski definition) is 1. The molecule has 2 aromatic rings. The predicted molar refractivity (Wildman–Crippen MR) is 69.8 cm³/mol. The fourth-order valence-electron chi connectivity index (χ4n) is 1.67. The van der Waals surface area contributed by atoms with E-state index >= 15 is 0 Å². The van der Waals surface area contributed by atoms with Crippen LogP contribution in [-0.4, -0.2) is 18.0 Å². The molecule has 0 spiro atoms. The standard InChI is InChI=1S/C14H16N2O3/c1-10-13(19-9-16-10)8-15-14(17)7-11-3-5-12(18-2)6-4-11/h3-6,9H,7-8H2,1-2H3,(H,15,17). The van der Waals surface area contributed by atoms with Crippen LogP contribution in [0.1, 0.15) is 17.0 Å².